The molecule has 0 radical (unpaired) electrons. The lowest BCUT2D eigenvalue weighted by Gasteiger charge is -2.17. The Morgan fingerprint density at radius 1 is 1.21 bits per heavy atom. The smallest absolute Gasteiger partial charge is 0.191 e. The van der Waals surface area contributed by atoms with Gasteiger partial charge in [-0.1, -0.05) is 24.3 Å². The van der Waals surface area contributed by atoms with E-state index >= 15 is 0 Å². The number of guanidine groups is 1. The molecule has 1 atom stereocenters. The molecule has 6 nitrogen and oxygen atoms in total. The summed E-state index contributed by atoms with van der Waals surface area (Å²) < 4.78 is 11.1. The number of anilines is 1. The number of nitrogens with zero attached hydrogens (tertiary/aromatic N) is 2. The Hall–Kier alpha value is -2.05. The summed E-state index contributed by atoms with van der Waals surface area (Å²) in [5, 5.41) is 6.70. The first-order valence-electron chi connectivity index (χ1n) is 10.5. The van der Waals surface area contributed by atoms with E-state index in [0.29, 0.717) is 12.5 Å². The molecular weight excluding hydrogens is 352 g/mol. The average Bonchev–Trinajstić information content (AvgIpc) is 3.43. The standard InChI is InChI=1S/C22H34N4O2/c1-2-23-22(24-11-5-14-27-17-20-10-15-28-18-20)25-16-19-6-8-21(9-7-19)26-12-3-4-13-26/h3-4,6-9,20H,2,5,10-18H2,1H3,(H2,23,24,25). The quantitative estimate of drug-likeness (QED) is 0.280. The second-order valence-corrected chi connectivity index (χ2v) is 7.32. The minimum Gasteiger partial charge on any atom is -0.381 e. The van der Waals surface area contributed by atoms with Crippen molar-refractivity contribution in [1.29, 1.82) is 0 Å². The molecule has 0 amide bonds. The van der Waals surface area contributed by atoms with Crippen LogP contribution < -0.4 is 15.5 Å². The van der Waals surface area contributed by atoms with E-state index in [1.54, 1.807) is 0 Å². The number of rotatable bonds is 10. The fourth-order valence-corrected chi connectivity index (χ4v) is 3.36. The van der Waals surface area contributed by atoms with E-state index in [1.807, 2.05) is 0 Å². The van der Waals surface area contributed by atoms with Gasteiger partial charge in [0.15, 0.2) is 5.96 Å². The molecule has 0 spiro atoms. The molecule has 0 aromatic heterocycles. The Labute approximate surface area is 169 Å². The third kappa shape index (κ3) is 6.84. The predicted molar refractivity (Wildman–Crippen MR) is 115 cm³/mol. The van der Waals surface area contributed by atoms with Crippen LogP contribution in [-0.2, 0) is 16.0 Å². The maximum absolute atomic E-state index is 5.75. The van der Waals surface area contributed by atoms with E-state index in [0.717, 1.165) is 71.4 Å². The molecule has 2 aliphatic heterocycles. The maximum atomic E-state index is 5.75. The van der Waals surface area contributed by atoms with Gasteiger partial charge in [-0.3, -0.25) is 0 Å². The largest absolute Gasteiger partial charge is 0.381 e. The number of benzene rings is 1. The molecule has 28 heavy (non-hydrogen) atoms. The van der Waals surface area contributed by atoms with Crippen LogP contribution in [0.15, 0.2) is 41.4 Å². The second kappa shape index (κ2) is 11.7. The summed E-state index contributed by atoms with van der Waals surface area (Å²) in [5.41, 5.74) is 2.49. The highest BCUT2D eigenvalue weighted by atomic mass is 16.5. The SMILES string of the molecule is CCNC(=NCc1ccc(N2CC=CC2)cc1)NCCCOCC1CCOC1. The Morgan fingerprint density at radius 3 is 2.75 bits per heavy atom. The van der Waals surface area contributed by atoms with E-state index in [1.165, 1.54) is 11.3 Å². The molecule has 1 saturated heterocycles. The van der Waals surface area contributed by atoms with E-state index in [4.69, 9.17) is 14.5 Å². The molecule has 6 heteroatoms. The lowest BCUT2D eigenvalue weighted by Crippen LogP contribution is -2.38. The molecule has 1 aromatic carbocycles. The van der Waals surface area contributed by atoms with Crippen LogP contribution in [-0.4, -0.2) is 58.6 Å². The van der Waals surface area contributed by atoms with Crippen molar-refractivity contribution in [2.75, 3.05) is 57.5 Å². The molecule has 0 aliphatic carbocycles. The van der Waals surface area contributed by atoms with Crippen LogP contribution in [0.4, 0.5) is 5.69 Å². The van der Waals surface area contributed by atoms with Crippen molar-refractivity contribution >= 4 is 11.6 Å². The Kier molecular flexibility index (Phi) is 8.65. The first kappa shape index (κ1) is 20.7. The Balaban J connectivity index is 1.35. The summed E-state index contributed by atoms with van der Waals surface area (Å²) in [7, 11) is 0. The molecule has 0 bridgehead atoms. The van der Waals surface area contributed by atoms with Crippen LogP contribution >= 0.6 is 0 Å². The number of aliphatic imine (C=N–C) groups is 1. The highest BCUT2D eigenvalue weighted by Crippen LogP contribution is 2.18. The Morgan fingerprint density at radius 2 is 2.04 bits per heavy atom. The predicted octanol–water partition coefficient (Wildman–Crippen LogP) is 2.56. The first-order valence-corrected chi connectivity index (χ1v) is 10.5. The third-order valence-corrected chi connectivity index (χ3v) is 5.02. The fraction of sp³-hybridized carbons (Fsp3) is 0.591. The summed E-state index contributed by atoms with van der Waals surface area (Å²) in [6.45, 7) is 9.80. The van der Waals surface area contributed by atoms with Gasteiger partial charge in [-0.25, -0.2) is 4.99 Å². The van der Waals surface area contributed by atoms with E-state index in [2.05, 4.69) is 58.9 Å². The zero-order valence-electron chi connectivity index (χ0n) is 17.0. The van der Waals surface area contributed by atoms with Crippen molar-refractivity contribution < 1.29 is 9.47 Å². The minimum absolute atomic E-state index is 0.583. The molecule has 1 fully saturated rings. The monoisotopic (exact) mass is 386 g/mol. The molecule has 0 saturated carbocycles. The molecule has 2 aliphatic rings. The van der Waals surface area contributed by atoms with Gasteiger partial charge in [0.2, 0.25) is 0 Å². The normalized spacial score (nSPS) is 19.4. The van der Waals surface area contributed by atoms with Gasteiger partial charge in [0.25, 0.3) is 0 Å². The van der Waals surface area contributed by atoms with E-state index in [9.17, 15) is 0 Å². The summed E-state index contributed by atoms with van der Waals surface area (Å²) in [6, 6.07) is 8.71. The van der Waals surface area contributed by atoms with Gasteiger partial charge in [0.05, 0.1) is 19.8 Å². The zero-order valence-corrected chi connectivity index (χ0v) is 17.0. The number of hydrogen-bond donors (Lipinski definition) is 2. The lowest BCUT2D eigenvalue weighted by molar-refractivity contribution is 0.0888. The molecule has 2 heterocycles. The number of nitrogens with one attached hydrogen (secondary N) is 2. The fourth-order valence-electron chi connectivity index (χ4n) is 3.36. The highest BCUT2D eigenvalue weighted by molar-refractivity contribution is 5.79. The van der Waals surface area contributed by atoms with Crippen molar-refractivity contribution in [2.45, 2.75) is 26.3 Å². The molecule has 3 rings (SSSR count). The van der Waals surface area contributed by atoms with Crippen LogP contribution in [0.3, 0.4) is 0 Å². The van der Waals surface area contributed by atoms with Crippen LogP contribution in [0.5, 0.6) is 0 Å². The summed E-state index contributed by atoms with van der Waals surface area (Å²) >= 11 is 0. The molecule has 1 unspecified atom stereocenters. The number of hydrogen-bond acceptors (Lipinski definition) is 4. The molecular formula is C22H34N4O2. The van der Waals surface area contributed by atoms with Crippen molar-refractivity contribution in [3.05, 3.63) is 42.0 Å². The van der Waals surface area contributed by atoms with Gasteiger partial charge in [-0.2, -0.15) is 0 Å². The maximum Gasteiger partial charge on any atom is 0.191 e. The van der Waals surface area contributed by atoms with Gasteiger partial charge >= 0.3 is 0 Å². The van der Waals surface area contributed by atoms with Crippen LogP contribution in [0.25, 0.3) is 0 Å². The summed E-state index contributed by atoms with van der Waals surface area (Å²) in [5.74, 6) is 1.44. The van der Waals surface area contributed by atoms with E-state index < -0.39 is 0 Å². The van der Waals surface area contributed by atoms with Crippen molar-refractivity contribution in [1.82, 2.24) is 10.6 Å². The van der Waals surface area contributed by atoms with Gasteiger partial charge in [-0.05, 0) is 37.5 Å². The topological polar surface area (TPSA) is 58.1 Å². The summed E-state index contributed by atoms with van der Waals surface area (Å²) in [4.78, 5) is 7.05. The second-order valence-electron chi connectivity index (χ2n) is 7.32. The van der Waals surface area contributed by atoms with Gasteiger partial charge in [0, 0.05) is 51.0 Å². The minimum atomic E-state index is 0.583. The zero-order chi connectivity index (χ0) is 19.4. The molecule has 1 aromatic rings. The summed E-state index contributed by atoms with van der Waals surface area (Å²) in [6.07, 6.45) is 6.52. The van der Waals surface area contributed by atoms with E-state index in [-0.39, 0.29) is 0 Å². The highest BCUT2D eigenvalue weighted by Gasteiger charge is 2.15. The third-order valence-electron chi connectivity index (χ3n) is 5.02. The van der Waals surface area contributed by atoms with Crippen LogP contribution in [0, 0.1) is 5.92 Å². The van der Waals surface area contributed by atoms with Crippen molar-refractivity contribution in [3.8, 4) is 0 Å². The van der Waals surface area contributed by atoms with Crippen molar-refractivity contribution in [3.63, 3.8) is 0 Å². The van der Waals surface area contributed by atoms with Crippen LogP contribution in [0.1, 0.15) is 25.3 Å². The van der Waals surface area contributed by atoms with Crippen molar-refractivity contribution in [2.24, 2.45) is 10.9 Å². The number of ether oxygens (including phenoxy) is 2. The van der Waals surface area contributed by atoms with Gasteiger partial charge in [0.1, 0.15) is 0 Å². The average molecular weight is 387 g/mol. The Bertz CT molecular complexity index is 616. The molecule has 2 N–H and O–H groups in total. The lowest BCUT2D eigenvalue weighted by atomic mass is 10.1. The molecule has 154 valence electrons. The van der Waals surface area contributed by atoms with Gasteiger partial charge < -0.3 is 25.0 Å². The van der Waals surface area contributed by atoms with Gasteiger partial charge in [-0.15, -0.1) is 0 Å². The first-order chi connectivity index (χ1) is 13.8. The van der Waals surface area contributed by atoms with Crippen LogP contribution in [0.2, 0.25) is 0 Å².